The van der Waals surface area contributed by atoms with Gasteiger partial charge in [-0.15, -0.1) is 0 Å². The molecule has 1 aromatic carbocycles. The number of hydrogen-bond donors (Lipinski definition) is 5. The summed E-state index contributed by atoms with van der Waals surface area (Å²) in [6.07, 6.45) is -0.125. The maximum atomic E-state index is 12.4. The number of rotatable bonds is 13. The number of amides is 1. The monoisotopic (exact) mass is 402 g/mol. The molecule has 10 heteroatoms. The average Bonchev–Trinajstić information content (AvgIpc) is 2.64. The van der Waals surface area contributed by atoms with Crippen molar-refractivity contribution in [2.45, 2.75) is 44.0 Å². The van der Waals surface area contributed by atoms with Crippen LogP contribution in [0.4, 0.5) is 0 Å². The molecule has 0 aliphatic carbocycles. The Hall–Kier alpha value is -1.77. The van der Waals surface area contributed by atoms with E-state index in [1.807, 2.05) is 30.3 Å². The summed E-state index contributed by atoms with van der Waals surface area (Å²) in [5.74, 6) is -3.55. The van der Waals surface area contributed by atoms with Crippen LogP contribution in [0.1, 0.15) is 31.2 Å². The van der Waals surface area contributed by atoms with Gasteiger partial charge in [0.2, 0.25) is 5.91 Å². The summed E-state index contributed by atoms with van der Waals surface area (Å²) >= 11 is 0. The molecule has 1 rings (SSSR count). The van der Waals surface area contributed by atoms with E-state index in [1.54, 1.807) is 0 Å². The van der Waals surface area contributed by atoms with Gasteiger partial charge in [-0.2, -0.15) is 0 Å². The third kappa shape index (κ3) is 8.64. The van der Waals surface area contributed by atoms with Crippen molar-refractivity contribution >= 4 is 19.5 Å². The molecule has 0 saturated carbocycles. The first-order valence-electron chi connectivity index (χ1n) is 8.68. The van der Waals surface area contributed by atoms with Crippen LogP contribution >= 0.6 is 7.60 Å². The number of aliphatic hydroxyl groups excluding tert-OH is 1. The van der Waals surface area contributed by atoms with Crippen molar-refractivity contribution in [2.75, 3.05) is 13.2 Å². The topological polar surface area (TPSA) is 159 Å². The Morgan fingerprint density at radius 3 is 2.44 bits per heavy atom. The van der Waals surface area contributed by atoms with Gasteiger partial charge in [-0.25, -0.2) is 4.79 Å². The highest BCUT2D eigenvalue weighted by molar-refractivity contribution is 7.53. The molecular weight excluding hydrogens is 375 g/mol. The lowest BCUT2D eigenvalue weighted by Crippen LogP contribution is -2.39. The highest BCUT2D eigenvalue weighted by atomic mass is 31.2. The standard InChI is InChI=1S/C17H27N2O7P/c18-11-5-4-8-14(17(22)23)26-27(24,25)16(12-20)19-15(21)10-9-13-6-2-1-3-7-13/h1-3,6-7,14,16,20H,4-5,8-12,18H2,(H,19,21)(H,22,23)(H,24,25)/t14-,16?/m0/s1. The second kappa shape index (κ2) is 11.8. The number of aliphatic carboxylic acids is 1. The van der Waals surface area contributed by atoms with E-state index < -0.39 is 38.0 Å². The third-order valence-corrected chi connectivity index (χ3v) is 5.49. The summed E-state index contributed by atoms with van der Waals surface area (Å²) in [6.45, 7) is -0.500. The van der Waals surface area contributed by atoms with E-state index in [-0.39, 0.29) is 12.8 Å². The molecule has 27 heavy (non-hydrogen) atoms. The molecule has 9 nitrogen and oxygen atoms in total. The van der Waals surface area contributed by atoms with Crippen LogP contribution in [0.3, 0.4) is 0 Å². The lowest BCUT2D eigenvalue weighted by atomic mass is 10.1. The fraction of sp³-hybridized carbons (Fsp3) is 0.529. The lowest BCUT2D eigenvalue weighted by molar-refractivity contribution is -0.145. The number of benzene rings is 1. The van der Waals surface area contributed by atoms with Crippen LogP contribution in [-0.4, -0.2) is 52.0 Å². The summed E-state index contributed by atoms with van der Waals surface area (Å²) in [5.41, 5.74) is 6.26. The Morgan fingerprint density at radius 1 is 1.22 bits per heavy atom. The van der Waals surface area contributed by atoms with Gasteiger partial charge in [-0.3, -0.25) is 13.9 Å². The van der Waals surface area contributed by atoms with Crippen molar-refractivity contribution in [1.29, 1.82) is 0 Å². The van der Waals surface area contributed by atoms with Crippen molar-refractivity contribution in [3.05, 3.63) is 35.9 Å². The number of carbonyl (C=O) groups excluding carboxylic acids is 1. The lowest BCUT2D eigenvalue weighted by Gasteiger charge is -2.24. The zero-order valence-electron chi connectivity index (χ0n) is 15.0. The molecular formula is C17H27N2O7P. The average molecular weight is 402 g/mol. The van der Waals surface area contributed by atoms with Crippen LogP contribution < -0.4 is 11.1 Å². The first-order chi connectivity index (χ1) is 12.8. The maximum Gasteiger partial charge on any atom is 0.353 e. The predicted octanol–water partition coefficient (Wildman–Crippen LogP) is 0.838. The molecule has 0 aliphatic heterocycles. The highest BCUT2D eigenvalue weighted by Crippen LogP contribution is 2.48. The normalized spacial score (nSPS) is 15.5. The zero-order chi connectivity index (χ0) is 20.3. The first kappa shape index (κ1) is 23.3. The molecule has 3 atom stereocenters. The quantitative estimate of drug-likeness (QED) is 0.240. The van der Waals surface area contributed by atoms with Gasteiger partial charge >= 0.3 is 13.6 Å². The van der Waals surface area contributed by atoms with Crippen molar-refractivity contribution < 1.29 is 33.8 Å². The smallest absolute Gasteiger partial charge is 0.353 e. The van der Waals surface area contributed by atoms with Crippen LogP contribution in [0.15, 0.2) is 30.3 Å². The molecule has 0 heterocycles. The number of nitrogens with two attached hydrogens (primary N) is 1. The molecule has 0 aromatic heterocycles. The van der Waals surface area contributed by atoms with Gasteiger partial charge in [-0.05, 0) is 37.8 Å². The molecule has 0 fully saturated rings. The predicted molar refractivity (Wildman–Crippen MR) is 99.0 cm³/mol. The number of aliphatic hydroxyl groups is 1. The van der Waals surface area contributed by atoms with Crippen molar-refractivity contribution in [3.8, 4) is 0 Å². The van der Waals surface area contributed by atoms with E-state index in [2.05, 4.69) is 5.32 Å². The molecule has 1 amide bonds. The minimum Gasteiger partial charge on any atom is -0.479 e. The van der Waals surface area contributed by atoms with Gasteiger partial charge in [0.15, 0.2) is 11.9 Å². The summed E-state index contributed by atoms with van der Waals surface area (Å²) in [4.78, 5) is 33.3. The molecule has 152 valence electrons. The molecule has 0 radical (unpaired) electrons. The fourth-order valence-corrected chi connectivity index (χ4v) is 3.56. The molecule has 0 saturated heterocycles. The van der Waals surface area contributed by atoms with E-state index in [9.17, 15) is 24.2 Å². The Morgan fingerprint density at radius 2 is 1.89 bits per heavy atom. The number of carboxylic acid groups (broad SMARTS) is 1. The second-order valence-corrected chi connectivity index (χ2v) is 7.99. The number of unbranched alkanes of at least 4 members (excludes halogenated alkanes) is 1. The first-order valence-corrected chi connectivity index (χ1v) is 10.3. The van der Waals surface area contributed by atoms with E-state index in [0.29, 0.717) is 25.8 Å². The highest BCUT2D eigenvalue weighted by Gasteiger charge is 2.37. The van der Waals surface area contributed by atoms with E-state index in [1.165, 1.54) is 0 Å². The molecule has 6 N–H and O–H groups in total. The van der Waals surface area contributed by atoms with E-state index in [4.69, 9.17) is 15.4 Å². The van der Waals surface area contributed by atoms with Crippen molar-refractivity contribution in [3.63, 3.8) is 0 Å². The number of nitrogens with one attached hydrogen (secondary N) is 1. The minimum atomic E-state index is -4.60. The molecule has 0 spiro atoms. The second-order valence-electron chi connectivity index (χ2n) is 6.03. The zero-order valence-corrected chi connectivity index (χ0v) is 15.9. The Kier molecular flexibility index (Phi) is 10.2. The third-order valence-electron chi connectivity index (χ3n) is 3.85. The minimum absolute atomic E-state index is 0.00279. The van der Waals surface area contributed by atoms with Crippen LogP contribution in [0.2, 0.25) is 0 Å². The van der Waals surface area contributed by atoms with Gasteiger partial charge in [0.05, 0.1) is 6.61 Å². The van der Waals surface area contributed by atoms with Gasteiger partial charge in [0, 0.05) is 6.42 Å². The fourth-order valence-electron chi connectivity index (χ4n) is 2.34. The molecule has 1 aromatic rings. The van der Waals surface area contributed by atoms with E-state index in [0.717, 1.165) is 5.56 Å². The SMILES string of the molecule is NCCCC[C@H](OP(=O)(O)C(CO)NC(=O)CCc1ccccc1)C(=O)O. The molecule has 0 aliphatic rings. The van der Waals surface area contributed by atoms with Gasteiger partial charge in [0.1, 0.15) is 0 Å². The molecule has 2 unspecified atom stereocenters. The summed E-state index contributed by atoms with van der Waals surface area (Å²) in [5, 5.41) is 20.8. The van der Waals surface area contributed by atoms with Gasteiger partial charge in [0.25, 0.3) is 0 Å². The number of aryl methyl sites for hydroxylation is 1. The number of carboxylic acids is 1. The van der Waals surface area contributed by atoms with Crippen molar-refractivity contribution in [1.82, 2.24) is 5.32 Å². The maximum absolute atomic E-state index is 12.4. The summed E-state index contributed by atoms with van der Waals surface area (Å²) in [6, 6.07) is 9.19. The number of hydrogen-bond acceptors (Lipinski definition) is 6. The van der Waals surface area contributed by atoms with Crippen LogP contribution in [-0.2, 0) is 25.1 Å². The Bertz CT molecular complexity index is 641. The Labute approximate surface area is 158 Å². The molecule has 0 bridgehead atoms. The van der Waals surface area contributed by atoms with Crippen molar-refractivity contribution in [2.24, 2.45) is 5.73 Å². The largest absolute Gasteiger partial charge is 0.479 e. The Balaban J connectivity index is 2.63. The van der Waals surface area contributed by atoms with Crippen LogP contribution in [0.5, 0.6) is 0 Å². The summed E-state index contributed by atoms with van der Waals surface area (Å²) < 4.78 is 17.2. The number of carbonyl (C=O) groups is 2. The summed E-state index contributed by atoms with van der Waals surface area (Å²) in [7, 11) is -4.60. The van der Waals surface area contributed by atoms with Crippen LogP contribution in [0.25, 0.3) is 0 Å². The van der Waals surface area contributed by atoms with E-state index >= 15 is 0 Å². The van der Waals surface area contributed by atoms with Crippen LogP contribution in [0, 0.1) is 0 Å². The van der Waals surface area contributed by atoms with Gasteiger partial charge in [-0.1, -0.05) is 30.3 Å². The van der Waals surface area contributed by atoms with Gasteiger partial charge < -0.3 is 26.2 Å².